The molecule has 0 radical (unpaired) electrons. The molecule has 0 aliphatic carbocycles. The first-order valence-corrected chi connectivity index (χ1v) is 13.7. The van der Waals surface area contributed by atoms with Gasteiger partial charge in [-0.2, -0.15) is 0 Å². The molecule has 3 amide bonds. The fraction of sp³-hybridized carbons (Fsp3) is 0.654. The van der Waals surface area contributed by atoms with Gasteiger partial charge in [0.2, 0.25) is 17.7 Å². The van der Waals surface area contributed by atoms with Gasteiger partial charge in [0.15, 0.2) is 0 Å². The first kappa shape index (κ1) is 26.1. The molecule has 1 aromatic carbocycles. The van der Waals surface area contributed by atoms with Crippen molar-refractivity contribution in [3.63, 3.8) is 0 Å². The monoisotopic (exact) mass is 549 g/mol. The number of nitrogens with zero attached hydrogens (tertiary/aromatic N) is 1. The van der Waals surface area contributed by atoms with E-state index in [1.165, 1.54) is 0 Å². The van der Waals surface area contributed by atoms with E-state index >= 15 is 0 Å². The molecule has 3 N–H and O–H groups in total. The largest absolute Gasteiger partial charge is 0.396 e. The maximum atomic E-state index is 13.8. The summed E-state index contributed by atoms with van der Waals surface area (Å²) in [5, 5.41) is 15.1. The fourth-order valence-electron chi connectivity index (χ4n) is 5.93. The standard InChI is InChI=1S/C26H36BrN3O5/c1-2-3-12-28-24(33)22-26-15-18(27)21(35-26)19(23(32)29-16-17-10-6-4-7-11-17)20(26)25(34)30(22)13-8-5-9-14-31/h4,6-7,10-11,18-22,31H,2-3,5,8-9,12-16H2,1H3,(H,28,33)(H,29,32)/t18?,19-,20-,21-,22?,26?/m0/s1. The number of hydrogen-bond acceptors (Lipinski definition) is 5. The predicted octanol–water partition coefficient (Wildman–Crippen LogP) is 2.13. The maximum Gasteiger partial charge on any atom is 0.245 e. The lowest BCUT2D eigenvalue weighted by atomic mass is 9.70. The summed E-state index contributed by atoms with van der Waals surface area (Å²) in [6, 6.07) is 8.88. The van der Waals surface area contributed by atoms with Crippen LogP contribution >= 0.6 is 15.9 Å². The van der Waals surface area contributed by atoms with Crippen LogP contribution in [0.5, 0.6) is 0 Å². The van der Waals surface area contributed by atoms with Gasteiger partial charge in [0.1, 0.15) is 11.6 Å². The third-order valence-corrected chi connectivity index (χ3v) is 8.38. The summed E-state index contributed by atoms with van der Waals surface area (Å²) in [7, 11) is 0. The van der Waals surface area contributed by atoms with Crippen molar-refractivity contribution >= 4 is 33.7 Å². The first-order valence-electron chi connectivity index (χ1n) is 12.8. The third kappa shape index (κ3) is 5.00. The molecule has 8 nitrogen and oxygen atoms in total. The lowest BCUT2D eigenvalue weighted by Gasteiger charge is -2.34. The van der Waals surface area contributed by atoms with E-state index < -0.39 is 29.6 Å². The van der Waals surface area contributed by atoms with Crippen LogP contribution in [0.3, 0.4) is 0 Å². The second-order valence-corrected chi connectivity index (χ2v) is 11.0. The van der Waals surface area contributed by atoms with Crippen LogP contribution in [0.25, 0.3) is 0 Å². The van der Waals surface area contributed by atoms with Gasteiger partial charge in [0.25, 0.3) is 0 Å². The Balaban J connectivity index is 1.57. The Labute approximate surface area is 215 Å². The van der Waals surface area contributed by atoms with Crippen molar-refractivity contribution in [3.05, 3.63) is 35.9 Å². The molecular formula is C26H36BrN3O5. The number of carbonyl (C=O) groups excluding carboxylic acids is 3. The average Bonchev–Trinajstić information content (AvgIpc) is 3.44. The normalized spacial score (nSPS) is 31.0. The van der Waals surface area contributed by atoms with Crippen molar-refractivity contribution in [2.75, 3.05) is 19.7 Å². The molecule has 1 spiro atoms. The van der Waals surface area contributed by atoms with E-state index in [9.17, 15) is 14.4 Å². The molecule has 3 unspecified atom stereocenters. The fourth-order valence-corrected chi connectivity index (χ4v) is 6.87. The molecule has 3 heterocycles. The van der Waals surface area contributed by atoms with Crippen molar-refractivity contribution in [1.82, 2.24) is 15.5 Å². The minimum atomic E-state index is -1.02. The Bertz CT molecular complexity index is 916. The Hall–Kier alpha value is -1.97. The molecule has 3 aliphatic rings. The van der Waals surface area contributed by atoms with Gasteiger partial charge >= 0.3 is 0 Å². The molecule has 0 aromatic heterocycles. The van der Waals surface area contributed by atoms with Gasteiger partial charge in [-0.05, 0) is 37.7 Å². The Morgan fingerprint density at radius 3 is 2.63 bits per heavy atom. The average molecular weight is 550 g/mol. The first-order chi connectivity index (χ1) is 16.9. The van der Waals surface area contributed by atoms with E-state index in [0.29, 0.717) is 38.9 Å². The van der Waals surface area contributed by atoms with E-state index in [-0.39, 0.29) is 29.2 Å². The van der Waals surface area contributed by atoms with Crippen LogP contribution < -0.4 is 10.6 Å². The molecule has 35 heavy (non-hydrogen) atoms. The highest BCUT2D eigenvalue weighted by molar-refractivity contribution is 9.09. The van der Waals surface area contributed by atoms with Crippen molar-refractivity contribution in [2.45, 2.75) is 74.6 Å². The van der Waals surface area contributed by atoms with Crippen molar-refractivity contribution < 1.29 is 24.2 Å². The van der Waals surface area contributed by atoms with E-state index in [2.05, 4.69) is 33.5 Å². The van der Waals surface area contributed by atoms with Crippen molar-refractivity contribution in [2.24, 2.45) is 11.8 Å². The highest BCUT2D eigenvalue weighted by Gasteiger charge is 2.76. The summed E-state index contributed by atoms with van der Waals surface area (Å²) in [5.74, 6) is -1.93. The number of hydrogen-bond donors (Lipinski definition) is 3. The number of nitrogens with one attached hydrogen (secondary N) is 2. The summed E-state index contributed by atoms with van der Waals surface area (Å²) in [4.78, 5) is 42.2. The SMILES string of the molecule is CCCCNC(=O)C1N(CCCCCO)C(=O)[C@@H]2[C@H](C(=O)NCc3ccccc3)[C@H]3OC12CC3Br. The Kier molecular flexibility index (Phi) is 8.50. The zero-order chi connectivity index (χ0) is 25.0. The number of ether oxygens (including phenoxy) is 1. The molecule has 4 rings (SSSR count). The van der Waals surface area contributed by atoms with Gasteiger partial charge in [-0.3, -0.25) is 14.4 Å². The summed E-state index contributed by atoms with van der Waals surface area (Å²) in [6.07, 6.45) is 3.95. The second kappa shape index (κ2) is 11.4. The zero-order valence-electron chi connectivity index (χ0n) is 20.2. The van der Waals surface area contributed by atoms with Gasteiger partial charge in [-0.15, -0.1) is 0 Å². The van der Waals surface area contributed by atoms with Crippen LogP contribution in [0.4, 0.5) is 0 Å². The minimum Gasteiger partial charge on any atom is -0.396 e. The number of benzene rings is 1. The topological polar surface area (TPSA) is 108 Å². The molecule has 192 valence electrons. The van der Waals surface area contributed by atoms with E-state index in [1.54, 1.807) is 4.90 Å². The highest BCUT2D eigenvalue weighted by atomic mass is 79.9. The number of halogens is 1. The second-order valence-electron chi connectivity index (χ2n) is 9.83. The summed E-state index contributed by atoms with van der Waals surface area (Å²) >= 11 is 3.69. The van der Waals surface area contributed by atoms with Gasteiger partial charge in [-0.1, -0.05) is 59.6 Å². The number of aliphatic hydroxyl groups excluding tert-OH is 1. The number of likely N-dealkylation sites (tertiary alicyclic amines) is 1. The van der Waals surface area contributed by atoms with Crippen LogP contribution in [0, 0.1) is 11.8 Å². The van der Waals surface area contributed by atoms with Crippen LogP contribution in [0.2, 0.25) is 0 Å². The Morgan fingerprint density at radius 2 is 1.91 bits per heavy atom. The number of unbranched alkanes of at least 4 members (excludes halogenated alkanes) is 3. The quantitative estimate of drug-likeness (QED) is 0.273. The van der Waals surface area contributed by atoms with Crippen molar-refractivity contribution in [1.29, 1.82) is 0 Å². The summed E-state index contributed by atoms with van der Waals surface area (Å²) in [5.41, 5.74) is -0.0377. The van der Waals surface area contributed by atoms with Gasteiger partial charge < -0.3 is 25.4 Å². The molecule has 3 saturated heterocycles. The molecule has 3 aliphatic heterocycles. The number of aliphatic hydroxyl groups is 1. The van der Waals surface area contributed by atoms with Crippen molar-refractivity contribution in [3.8, 4) is 0 Å². The molecule has 2 bridgehead atoms. The molecule has 9 heteroatoms. The lowest BCUT2D eigenvalue weighted by Crippen LogP contribution is -2.56. The van der Waals surface area contributed by atoms with Gasteiger partial charge in [0, 0.05) is 31.1 Å². The van der Waals surface area contributed by atoms with Gasteiger partial charge in [-0.25, -0.2) is 0 Å². The predicted molar refractivity (Wildman–Crippen MR) is 135 cm³/mol. The van der Waals surface area contributed by atoms with Crippen LogP contribution in [-0.2, 0) is 25.7 Å². The zero-order valence-corrected chi connectivity index (χ0v) is 21.8. The number of fused-ring (bicyclic) bond motifs is 1. The smallest absolute Gasteiger partial charge is 0.245 e. The minimum absolute atomic E-state index is 0.0984. The maximum absolute atomic E-state index is 13.8. The van der Waals surface area contributed by atoms with Crippen LogP contribution in [0.15, 0.2) is 30.3 Å². The number of amides is 3. The molecule has 3 fully saturated rings. The number of rotatable bonds is 12. The molecule has 6 atom stereocenters. The summed E-state index contributed by atoms with van der Waals surface area (Å²) in [6.45, 7) is 3.48. The molecule has 0 saturated carbocycles. The third-order valence-electron chi connectivity index (χ3n) is 7.54. The van der Waals surface area contributed by atoms with E-state index in [4.69, 9.17) is 9.84 Å². The van der Waals surface area contributed by atoms with E-state index in [0.717, 1.165) is 24.8 Å². The number of alkyl halides is 1. The molecular weight excluding hydrogens is 514 g/mol. The van der Waals surface area contributed by atoms with Crippen LogP contribution in [-0.4, -0.2) is 70.0 Å². The van der Waals surface area contributed by atoms with E-state index in [1.807, 2.05) is 30.3 Å². The highest BCUT2D eigenvalue weighted by Crippen LogP contribution is 2.60. The lowest BCUT2D eigenvalue weighted by molar-refractivity contribution is -0.142. The molecule has 1 aromatic rings. The summed E-state index contributed by atoms with van der Waals surface area (Å²) < 4.78 is 6.48. The van der Waals surface area contributed by atoms with Gasteiger partial charge in [0.05, 0.1) is 17.9 Å². The Morgan fingerprint density at radius 1 is 1.14 bits per heavy atom. The van der Waals surface area contributed by atoms with Crippen LogP contribution in [0.1, 0.15) is 51.0 Å². The number of carbonyl (C=O) groups is 3.